The number of nitrogen functional groups attached to an aromatic ring is 1. The van der Waals surface area contributed by atoms with Gasteiger partial charge in [0.25, 0.3) is 0 Å². The molecule has 1 aliphatic rings. The van der Waals surface area contributed by atoms with E-state index in [1.54, 1.807) is 6.33 Å². The molecule has 0 aromatic carbocycles. The number of aliphatic hydroxyl groups is 1. The number of aliphatic hydroxyl groups excluding tert-OH is 1. The number of nitrogens with zero attached hydrogens (tertiary/aromatic N) is 4. The van der Waals surface area contributed by atoms with Crippen LogP contribution >= 0.6 is 0 Å². The largest absolute Gasteiger partial charge is 0.394 e. The van der Waals surface area contributed by atoms with Crippen LogP contribution in [0.25, 0.3) is 11.2 Å². The third-order valence-electron chi connectivity index (χ3n) is 3.41. The fourth-order valence-electron chi connectivity index (χ4n) is 2.38. The summed E-state index contributed by atoms with van der Waals surface area (Å²) in [4.78, 5) is 12.9. The average Bonchev–Trinajstić information content (AvgIpc) is 3.04. The summed E-state index contributed by atoms with van der Waals surface area (Å²) >= 11 is 0. The van der Waals surface area contributed by atoms with E-state index in [0.29, 0.717) is 22.8 Å². The number of hydrogen-bond acceptors (Lipinski definition) is 6. The van der Waals surface area contributed by atoms with Crippen molar-refractivity contribution in [3.63, 3.8) is 0 Å². The quantitative estimate of drug-likeness (QED) is 0.843. The van der Waals surface area contributed by atoms with Crippen LogP contribution in [-0.2, 0) is 11.2 Å². The molecule has 7 heteroatoms. The molecule has 102 valence electrons. The molecule has 1 saturated heterocycles. The Bertz CT molecular complexity index is 597. The number of rotatable bonds is 3. The minimum atomic E-state index is -0.138. The summed E-state index contributed by atoms with van der Waals surface area (Å²) in [6.07, 6.45) is 3.83. The van der Waals surface area contributed by atoms with Gasteiger partial charge >= 0.3 is 0 Å². The summed E-state index contributed by atoms with van der Waals surface area (Å²) in [5, 5.41) is 9.13. The number of imidazole rings is 1. The second-order valence-electron chi connectivity index (χ2n) is 4.68. The van der Waals surface area contributed by atoms with Gasteiger partial charge in [0.1, 0.15) is 17.6 Å². The van der Waals surface area contributed by atoms with Gasteiger partial charge in [-0.3, -0.25) is 4.57 Å². The predicted molar refractivity (Wildman–Crippen MR) is 69.3 cm³/mol. The first kappa shape index (κ1) is 12.3. The van der Waals surface area contributed by atoms with E-state index in [4.69, 9.17) is 15.6 Å². The number of ether oxygens (including phenoxy) is 1. The van der Waals surface area contributed by atoms with Crippen molar-refractivity contribution in [1.82, 2.24) is 19.5 Å². The summed E-state index contributed by atoms with van der Waals surface area (Å²) in [5.74, 6) is 1.10. The van der Waals surface area contributed by atoms with Gasteiger partial charge in [0, 0.05) is 6.42 Å². The molecule has 2 unspecified atom stereocenters. The Morgan fingerprint density at radius 2 is 2.32 bits per heavy atom. The topological polar surface area (TPSA) is 99.1 Å². The van der Waals surface area contributed by atoms with E-state index >= 15 is 0 Å². The Morgan fingerprint density at radius 3 is 3.00 bits per heavy atom. The molecular weight excluding hydrogens is 246 g/mol. The highest BCUT2D eigenvalue weighted by atomic mass is 16.5. The lowest BCUT2D eigenvalue weighted by Crippen LogP contribution is -2.14. The van der Waals surface area contributed by atoms with Gasteiger partial charge in [-0.15, -0.1) is 0 Å². The molecule has 1 fully saturated rings. The van der Waals surface area contributed by atoms with E-state index in [1.807, 2.05) is 11.5 Å². The second-order valence-corrected chi connectivity index (χ2v) is 4.68. The van der Waals surface area contributed by atoms with E-state index in [9.17, 15) is 0 Å². The van der Waals surface area contributed by atoms with Crippen LogP contribution < -0.4 is 5.73 Å². The van der Waals surface area contributed by atoms with Gasteiger partial charge in [-0.2, -0.15) is 0 Å². The van der Waals surface area contributed by atoms with Gasteiger partial charge < -0.3 is 15.6 Å². The van der Waals surface area contributed by atoms with Crippen LogP contribution in [0.3, 0.4) is 0 Å². The lowest BCUT2D eigenvalue weighted by Gasteiger charge is -2.14. The Hall–Kier alpha value is -1.73. The van der Waals surface area contributed by atoms with Crippen LogP contribution in [0, 0.1) is 0 Å². The smallest absolute Gasteiger partial charge is 0.167 e. The highest BCUT2D eigenvalue weighted by Gasteiger charge is 2.27. The van der Waals surface area contributed by atoms with Gasteiger partial charge in [0.2, 0.25) is 0 Å². The first-order chi connectivity index (χ1) is 9.22. The molecule has 3 heterocycles. The SMILES string of the molecule is CCc1nc(N)c2ncn(C3CCC(CO)O3)c2n1. The molecule has 1 aliphatic heterocycles. The zero-order chi connectivity index (χ0) is 13.4. The molecule has 2 atom stereocenters. The molecule has 0 bridgehead atoms. The molecule has 0 radical (unpaired) electrons. The van der Waals surface area contributed by atoms with Gasteiger partial charge in [0.05, 0.1) is 19.0 Å². The van der Waals surface area contributed by atoms with E-state index in [1.165, 1.54) is 0 Å². The van der Waals surface area contributed by atoms with E-state index < -0.39 is 0 Å². The molecule has 19 heavy (non-hydrogen) atoms. The summed E-state index contributed by atoms with van der Waals surface area (Å²) in [5.41, 5.74) is 7.20. The monoisotopic (exact) mass is 263 g/mol. The van der Waals surface area contributed by atoms with Crippen LogP contribution in [0.1, 0.15) is 31.8 Å². The third kappa shape index (κ3) is 2.04. The third-order valence-corrected chi connectivity index (χ3v) is 3.41. The molecule has 0 amide bonds. The second kappa shape index (κ2) is 4.75. The van der Waals surface area contributed by atoms with Crippen LogP contribution in [0.2, 0.25) is 0 Å². The highest BCUT2D eigenvalue weighted by Crippen LogP contribution is 2.30. The normalized spacial score (nSPS) is 23.3. The predicted octanol–water partition coefficient (Wildman–Crippen LogP) is 0.641. The van der Waals surface area contributed by atoms with Gasteiger partial charge in [0.15, 0.2) is 11.5 Å². The van der Waals surface area contributed by atoms with Crippen molar-refractivity contribution >= 4 is 17.0 Å². The zero-order valence-electron chi connectivity index (χ0n) is 10.8. The van der Waals surface area contributed by atoms with Crippen LogP contribution in [0.4, 0.5) is 5.82 Å². The minimum absolute atomic E-state index is 0.0421. The van der Waals surface area contributed by atoms with Crippen molar-refractivity contribution in [2.75, 3.05) is 12.3 Å². The van der Waals surface area contributed by atoms with Gasteiger partial charge in [-0.1, -0.05) is 6.92 Å². The van der Waals surface area contributed by atoms with Crippen molar-refractivity contribution in [3.05, 3.63) is 12.2 Å². The van der Waals surface area contributed by atoms with E-state index in [2.05, 4.69) is 15.0 Å². The number of aryl methyl sites for hydroxylation is 1. The lowest BCUT2D eigenvalue weighted by atomic mass is 10.2. The van der Waals surface area contributed by atoms with Gasteiger partial charge in [-0.05, 0) is 12.8 Å². The minimum Gasteiger partial charge on any atom is -0.394 e. The molecular formula is C12H17N5O2. The zero-order valence-corrected chi connectivity index (χ0v) is 10.8. The van der Waals surface area contributed by atoms with Crippen molar-refractivity contribution in [3.8, 4) is 0 Å². The molecule has 0 saturated carbocycles. The number of anilines is 1. The standard InChI is InChI=1S/C12H17N5O2/c1-2-8-15-11(13)10-12(16-8)17(6-14-10)9-4-3-7(5-18)19-9/h6-7,9,18H,2-5H2,1H3,(H2,13,15,16). The van der Waals surface area contributed by atoms with Crippen LogP contribution in [0.5, 0.6) is 0 Å². The first-order valence-corrected chi connectivity index (χ1v) is 6.48. The van der Waals surface area contributed by atoms with Crippen LogP contribution in [0.15, 0.2) is 6.33 Å². The summed E-state index contributed by atoms with van der Waals surface area (Å²) in [6.45, 7) is 2.02. The van der Waals surface area contributed by atoms with Gasteiger partial charge in [-0.25, -0.2) is 15.0 Å². The maximum Gasteiger partial charge on any atom is 0.167 e. The fourth-order valence-corrected chi connectivity index (χ4v) is 2.38. The molecule has 3 N–H and O–H groups in total. The van der Waals surface area contributed by atoms with Crippen molar-refractivity contribution in [1.29, 1.82) is 0 Å². The fraction of sp³-hybridized carbons (Fsp3) is 0.583. The Labute approximate surface area is 110 Å². The summed E-state index contributed by atoms with van der Waals surface area (Å²) in [6, 6.07) is 0. The Balaban J connectivity index is 2.02. The molecule has 0 spiro atoms. The number of fused-ring (bicyclic) bond motifs is 1. The van der Waals surface area contributed by atoms with E-state index in [0.717, 1.165) is 19.3 Å². The molecule has 3 rings (SSSR count). The molecule has 2 aromatic heterocycles. The summed E-state index contributed by atoms with van der Waals surface area (Å²) < 4.78 is 7.63. The van der Waals surface area contributed by atoms with Crippen molar-refractivity contribution in [2.45, 2.75) is 38.5 Å². The van der Waals surface area contributed by atoms with Crippen molar-refractivity contribution in [2.24, 2.45) is 0 Å². The average molecular weight is 263 g/mol. The van der Waals surface area contributed by atoms with E-state index in [-0.39, 0.29) is 18.9 Å². The maximum absolute atomic E-state index is 9.13. The first-order valence-electron chi connectivity index (χ1n) is 6.48. The highest BCUT2D eigenvalue weighted by molar-refractivity contribution is 5.81. The number of aromatic nitrogens is 4. The number of hydrogen-bond donors (Lipinski definition) is 2. The molecule has 2 aromatic rings. The summed E-state index contributed by atoms with van der Waals surface area (Å²) in [7, 11) is 0. The molecule has 7 nitrogen and oxygen atoms in total. The lowest BCUT2D eigenvalue weighted by molar-refractivity contribution is -0.0207. The number of nitrogens with two attached hydrogens (primary N) is 1. The van der Waals surface area contributed by atoms with Crippen molar-refractivity contribution < 1.29 is 9.84 Å². The molecule has 0 aliphatic carbocycles. The van der Waals surface area contributed by atoms with Crippen LogP contribution in [-0.4, -0.2) is 37.3 Å². The Morgan fingerprint density at radius 1 is 1.47 bits per heavy atom. The Kier molecular flexibility index (Phi) is 3.08. The maximum atomic E-state index is 9.13.